The fourth-order valence-electron chi connectivity index (χ4n) is 0.282. The Morgan fingerprint density at radius 2 is 2.11 bits per heavy atom. The minimum absolute atomic E-state index is 0.0564. The van der Waals surface area contributed by atoms with E-state index in [9.17, 15) is 0 Å². The summed E-state index contributed by atoms with van der Waals surface area (Å²) in [5, 5.41) is 8.23. The molecule has 0 radical (unpaired) electrons. The molecule has 0 aromatic heterocycles. The monoisotopic (exact) mass is 196 g/mol. The van der Waals surface area contributed by atoms with Crippen LogP contribution in [0.4, 0.5) is 0 Å². The Bertz CT molecular complexity index is 49.1. The Hall–Kier alpha value is 0.689. The molecule has 0 saturated heterocycles. The fourth-order valence-corrected chi connectivity index (χ4v) is 0.684. The molecule has 3 nitrogen and oxygen atoms in total. The molecule has 0 rings (SSSR count). The quantitative estimate of drug-likeness (QED) is 0.486. The molecule has 5 heteroatoms. The van der Waals surface area contributed by atoms with Crippen LogP contribution in [0.2, 0.25) is 0 Å². The van der Waals surface area contributed by atoms with E-state index in [1.165, 1.54) is 0 Å². The van der Waals surface area contributed by atoms with Crippen molar-refractivity contribution in [2.24, 2.45) is 0 Å². The number of aliphatic hydroxyl groups is 1. The summed E-state index contributed by atoms with van der Waals surface area (Å²) in [5.74, 6) is 0. The van der Waals surface area contributed by atoms with Gasteiger partial charge in [-0.15, -0.1) is 0 Å². The Kier molecular flexibility index (Phi) is 9.36. The molecular formula is C4H9ClFeO3. The molecule has 0 heterocycles. The van der Waals surface area contributed by atoms with Crippen molar-refractivity contribution in [3.05, 3.63) is 0 Å². The van der Waals surface area contributed by atoms with Crippen LogP contribution in [0.3, 0.4) is 0 Å². The summed E-state index contributed by atoms with van der Waals surface area (Å²) in [6.45, 7) is 1.41. The van der Waals surface area contributed by atoms with Crippen LogP contribution in [-0.2, 0) is 22.9 Å². The van der Waals surface area contributed by atoms with Crippen LogP contribution >= 0.6 is 10.1 Å². The molecule has 0 amide bonds. The van der Waals surface area contributed by atoms with Gasteiger partial charge < -0.3 is 0 Å². The van der Waals surface area contributed by atoms with Gasteiger partial charge in [-0.25, -0.2) is 0 Å². The van der Waals surface area contributed by atoms with Crippen molar-refractivity contribution in [3.63, 3.8) is 0 Å². The molecule has 0 saturated carbocycles. The van der Waals surface area contributed by atoms with E-state index in [0.29, 0.717) is 19.8 Å². The summed E-state index contributed by atoms with van der Waals surface area (Å²) in [6, 6.07) is 0. The third kappa shape index (κ3) is 8.69. The van der Waals surface area contributed by atoms with Gasteiger partial charge in [-0.3, -0.25) is 0 Å². The number of hydrogen-bond acceptors (Lipinski definition) is 3. The summed E-state index contributed by atoms with van der Waals surface area (Å²) >= 11 is 0.197. The Morgan fingerprint density at radius 3 is 2.67 bits per heavy atom. The van der Waals surface area contributed by atoms with Crippen LogP contribution in [0, 0.1) is 0 Å². The standard InChI is InChI=1S/C4H9O3.ClH.Fe/c5-1-3-7-4-2-6;;/h5H,1-4H2;1H;/q-1;;+2/p-1. The molecule has 0 spiro atoms. The minimum atomic E-state index is 0.0564. The molecule has 0 aliphatic carbocycles. The van der Waals surface area contributed by atoms with Gasteiger partial charge in [-0.05, 0) is 0 Å². The van der Waals surface area contributed by atoms with E-state index in [0.717, 1.165) is 0 Å². The van der Waals surface area contributed by atoms with Crippen molar-refractivity contribution < 1.29 is 28.0 Å². The topological polar surface area (TPSA) is 38.7 Å². The zero-order valence-corrected chi connectivity index (χ0v) is 6.68. The molecule has 0 atom stereocenters. The van der Waals surface area contributed by atoms with Crippen LogP contribution in [0.15, 0.2) is 0 Å². The van der Waals surface area contributed by atoms with Gasteiger partial charge in [0, 0.05) is 0 Å². The molecule has 9 heavy (non-hydrogen) atoms. The van der Waals surface area contributed by atoms with Crippen molar-refractivity contribution in [1.29, 1.82) is 0 Å². The first kappa shape index (κ1) is 9.69. The first-order valence-electron chi connectivity index (χ1n) is 2.46. The molecule has 0 aliphatic heterocycles. The van der Waals surface area contributed by atoms with E-state index < -0.39 is 0 Å². The Labute approximate surface area is 65.0 Å². The predicted molar refractivity (Wildman–Crippen MR) is 29.7 cm³/mol. The number of hydrogen-bond donors (Lipinski definition) is 1. The van der Waals surface area contributed by atoms with E-state index in [1.54, 1.807) is 0 Å². The van der Waals surface area contributed by atoms with Gasteiger partial charge in [0.1, 0.15) is 0 Å². The average Bonchev–Trinajstić information content (AvgIpc) is 1.89. The van der Waals surface area contributed by atoms with Crippen LogP contribution < -0.4 is 0 Å². The molecule has 0 aliphatic rings. The second-order valence-corrected chi connectivity index (χ2v) is 2.14. The molecule has 0 bridgehead atoms. The van der Waals surface area contributed by atoms with Crippen LogP contribution in [0.25, 0.3) is 0 Å². The van der Waals surface area contributed by atoms with E-state index >= 15 is 0 Å². The molecule has 1 N–H and O–H groups in total. The van der Waals surface area contributed by atoms with Crippen LogP contribution in [0.5, 0.6) is 0 Å². The number of halogens is 1. The third-order valence-electron chi connectivity index (χ3n) is 0.574. The summed E-state index contributed by atoms with van der Waals surface area (Å²) < 4.78 is 9.59. The maximum atomic E-state index is 8.23. The number of rotatable bonds is 6. The van der Waals surface area contributed by atoms with Crippen molar-refractivity contribution in [1.82, 2.24) is 0 Å². The van der Waals surface area contributed by atoms with Crippen molar-refractivity contribution in [3.8, 4) is 0 Å². The molecule has 0 aromatic carbocycles. The van der Waals surface area contributed by atoms with E-state index in [-0.39, 0.29) is 21.0 Å². The van der Waals surface area contributed by atoms with Gasteiger partial charge in [0.25, 0.3) is 0 Å². The molecule has 0 fully saturated rings. The predicted octanol–water partition coefficient (Wildman–Crippen LogP) is 0.163. The second kappa shape index (κ2) is 8.69. The number of ether oxygens (including phenoxy) is 1. The summed E-state index contributed by atoms with van der Waals surface area (Å²) in [6.07, 6.45) is 0. The van der Waals surface area contributed by atoms with Gasteiger partial charge in [0.05, 0.1) is 0 Å². The van der Waals surface area contributed by atoms with E-state index in [2.05, 4.69) is 0 Å². The van der Waals surface area contributed by atoms with Gasteiger partial charge in [-0.1, -0.05) is 0 Å². The average molecular weight is 196 g/mol. The van der Waals surface area contributed by atoms with E-state index in [4.69, 9.17) is 23.8 Å². The summed E-state index contributed by atoms with van der Waals surface area (Å²) in [7, 11) is 5.19. The molecule has 0 aromatic rings. The van der Waals surface area contributed by atoms with Crippen molar-refractivity contribution >= 4 is 10.1 Å². The van der Waals surface area contributed by atoms with Crippen molar-refractivity contribution in [2.75, 3.05) is 26.4 Å². The normalized spacial score (nSPS) is 10.4. The molecule has 58 valence electrons. The fraction of sp³-hybridized carbons (Fsp3) is 1.00. The van der Waals surface area contributed by atoms with Gasteiger partial charge >= 0.3 is 64.6 Å². The molecular weight excluding hydrogens is 187 g/mol. The van der Waals surface area contributed by atoms with Gasteiger partial charge in [0.15, 0.2) is 0 Å². The van der Waals surface area contributed by atoms with Gasteiger partial charge in [-0.2, -0.15) is 0 Å². The molecule has 0 unspecified atom stereocenters. The third-order valence-corrected chi connectivity index (χ3v) is 1.24. The number of aliphatic hydroxyl groups excluding tert-OH is 1. The first-order valence-corrected chi connectivity index (χ1v) is 4.43. The zero-order chi connectivity index (χ0) is 6.95. The summed E-state index contributed by atoms with van der Waals surface area (Å²) in [5.41, 5.74) is 0. The SMILES string of the molecule is OCCOCC[O][Fe][Cl]. The Balaban J connectivity index is 2.60. The van der Waals surface area contributed by atoms with Crippen LogP contribution in [-0.4, -0.2) is 31.5 Å². The second-order valence-electron chi connectivity index (χ2n) is 1.20. The van der Waals surface area contributed by atoms with E-state index in [1.807, 2.05) is 0 Å². The van der Waals surface area contributed by atoms with Crippen LogP contribution in [0.1, 0.15) is 0 Å². The first-order chi connectivity index (χ1) is 4.41. The Morgan fingerprint density at radius 1 is 1.33 bits per heavy atom. The van der Waals surface area contributed by atoms with Gasteiger partial charge in [0.2, 0.25) is 0 Å². The van der Waals surface area contributed by atoms with Crippen molar-refractivity contribution in [2.45, 2.75) is 0 Å². The summed E-state index contributed by atoms with van der Waals surface area (Å²) in [4.78, 5) is 0. The maximum absolute atomic E-state index is 8.23. The zero-order valence-electron chi connectivity index (χ0n) is 4.82.